The lowest BCUT2D eigenvalue weighted by Gasteiger charge is -2.04. The van der Waals surface area contributed by atoms with Gasteiger partial charge >= 0.3 is 0 Å². The van der Waals surface area contributed by atoms with Crippen LogP contribution >= 0.6 is 23.2 Å². The fourth-order valence-corrected chi connectivity index (χ4v) is 2.06. The van der Waals surface area contributed by atoms with E-state index >= 15 is 0 Å². The van der Waals surface area contributed by atoms with Gasteiger partial charge in [0.05, 0.1) is 10.0 Å². The van der Waals surface area contributed by atoms with Crippen molar-refractivity contribution in [3.8, 4) is 5.75 Å². The largest absolute Gasteiger partial charge is 0.505 e. The molecule has 0 atom stereocenters. The fourth-order valence-electron chi connectivity index (χ4n) is 1.51. The number of carbonyl (C=O) groups excluding carboxylic acids is 1. The van der Waals surface area contributed by atoms with E-state index in [1.807, 2.05) is 0 Å². The minimum Gasteiger partial charge on any atom is -0.505 e. The molecule has 1 N–H and O–H groups in total. The van der Waals surface area contributed by atoms with E-state index in [9.17, 15) is 9.90 Å². The number of hydrogen-bond acceptors (Lipinski definition) is 2. The number of fused-ring (bicyclic) bond motifs is 1. The number of aromatic hydroxyl groups is 1. The zero-order valence-corrected chi connectivity index (χ0v) is 8.11. The molecular formula is C9H6Cl2O2. The molecule has 4 heteroatoms. The summed E-state index contributed by atoms with van der Waals surface area (Å²) in [6.45, 7) is 0. The van der Waals surface area contributed by atoms with Crippen molar-refractivity contribution in [2.75, 3.05) is 0 Å². The Morgan fingerprint density at radius 3 is 2.69 bits per heavy atom. The molecule has 0 aliphatic heterocycles. The molecule has 0 saturated carbocycles. The summed E-state index contributed by atoms with van der Waals surface area (Å²) in [5, 5.41) is 9.74. The van der Waals surface area contributed by atoms with Gasteiger partial charge in [-0.05, 0) is 18.1 Å². The van der Waals surface area contributed by atoms with E-state index in [1.54, 1.807) is 0 Å². The summed E-state index contributed by atoms with van der Waals surface area (Å²) in [7, 11) is 0. The van der Waals surface area contributed by atoms with Crippen LogP contribution in [0.5, 0.6) is 5.75 Å². The zero-order valence-electron chi connectivity index (χ0n) is 6.60. The van der Waals surface area contributed by atoms with Crippen LogP contribution in [0.25, 0.3) is 0 Å². The SMILES string of the molecule is O=C1CCc2c1cc(Cl)c(O)c2Cl. The third-order valence-electron chi connectivity index (χ3n) is 2.20. The first-order chi connectivity index (χ1) is 6.11. The molecule has 1 aliphatic rings. The standard InChI is InChI=1S/C9H6Cl2O2/c10-6-3-5-4(1-2-7(5)12)8(11)9(6)13/h3,13H,1-2H2. The van der Waals surface area contributed by atoms with Crippen LogP contribution in [-0.4, -0.2) is 10.9 Å². The number of hydrogen-bond donors (Lipinski definition) is 1. The predicted octanol–water partition coefficient (Wildman–Crippen LogP) is 2.83. The molecule has 0 radical (unpaired) electrons. The molecule has 0 unspecified atom stereocenters. The highest BCUT2D eigenvalue weighted by Gasteiger charge is 2.25. The first kappa shape index (κ1) is 8.85. The number of Topliss-reactive ketones (excluding diaryl/α,β-unsaturated/α-hetero) is 1. The summed E-state index contributed by atoms with van der Waals surface area (Å²) in [6.07, 6.45) is 1.05. The van der Waals surface area contributed by atoms with E-state index in [1.165, 1.54) is 6.07 Å². The number of benzene rings is 1. The van der Waals surface area contributed by atoms with Crippen molar-refractivity contribution in [1.29, 1.82) is 0 Å². The van der Waals surface area contributed by atoms with Gasteiger partial charge in [0.25, 0.3) is 0 Å². The van der Waals surface area contributed by atoms with Gasteiger partial charge in [-0.15, -0.1) is 0 Å². The molecule has 2 nitrogen and oxygen atoms in total. The third-order valence-corrected chi connectivity index (χ3v) is 2.89. The van der Waals surface area contributed by atoms with Crippen molar-refractivity contribution < 1.29 is 9.90 Å². The molecule has 0 saturated heterocycles. The fraction of sp³-hybridized carbons (Fsp3) is 0.222. The monoisotopic (exact) mass is 216 g/mol. The van der Waals surface area contributed by atoms with E-state index in [0.29, 0.717) is 24.0 Å². The van der Waals surface area contributed by atoms with Crippen LogP contribution in [0.2, 0.25) is 10.0 Å². The van der Waals surface area contributed by atoms with Crippen molar-refractivity contribution in [2.24, 2.45) is 0 Å². The van der Waals surface area contributed by atoms with Gasteiger partial charge in [-0.25, -0.2) is 0 Å². The Morgan fingerprint density at radius 2 is 2.00 bits per heavy atom. The van der Waals surface area contributed by atoms with Crippen LogP contribution in [-0.2, 0) is 6.42 Å². The number of ketones is 1. The molecule has 1 aliphatic carbocycles. The molecular weight excluding hydrogens is 211 g/mol. The lowest BCUT2D eigenvalue weighted by Crippen LogP contribution is -1.91. The smallest absolute Gasteiger partial charge is 0.163 e. The number of carbonyl (C=O) groups is 1. The topological polar surface area (TPSA) is 37.3 Å². The highest BCUT2D eigenvalue weighted by molar-refractivity contribution is 6.38. The predicted molar refractivity (Wildman–Crippen MR) is 50.8 cm³/mol. The maximum absolute atomic E-state index is 11.3. The lowest BCUT2D eigenvalue weighted by molar-refractivity contribution is 0.0994. The quantitative estimate of drug-likeness (QED) is 0.725. The highest BCUT2D eigenvalue weighted by Crippen LogP contribution is 2.40. The molecule has 0 spiro atoms. The second kappa shape index (κ2) is 2.89. The average molecular weight is 217 g/mol. The number of halogens is 2. The molecule has 68 valence electrons. The Kier molecular flexibility index (Phi) is 1.97. The van der Waals surface area contributed by atoms with E-state index in [0.717, 1.165) is 0 Å². The van der Waals surface area contributed by atoms with Crippen LogP contribution in [0.15, 0.2) is 6.07 Å². The minimum absolute atomic E-state index is 0.0406. The van der Waals surface area contributed by atoms with Gasteiger partial charge < -0.3 is 5.11 Å². The van der Waals surface area contributed by atoms with Gasteiger partial charge in [-0.3, -0.25) is 4.79 Å². The van der Waals surface area contributed by atoms with E-state index in [4.69, 9.17) is 23.2 Å². The average Bonchev–Trinajstić information content (AvgIpc) is 2.45. The summed E-state index contributed by atoms with van der Waals surface area (Å²) in [4.78, 5) is 11.3. The van der Waals surface area contributed by atoms with E-state index < -0.39 is 0 Å². The summed E-state index contributed by atoms with van der Waals surface area (Å²) in [5.41, 5.74) is 1.27. The Hall–Kier alpha value is -0.730. The van der Waals surface area contributed by atoms with Crippen molar-refractivity contribution in [3.63, 3.8) is 0 Å². The molecule has 0 heterocycles. The molecule has 0 aromatic heterocycles. The van der Waals surface area contributed by atoms with Crippen molar-refractivity contribution in [1.82, 2.24) is 0 Å². The van der Waals surface area contributed by atoms with Gasteiger partial charge in [0.2, 0.25) is 0 Å². The van der Waals surface area contributed by atoms with Crippen LogP contribution in [0, 0.1) is 0 Å². The Labute approximate surface area is 85.1 Å². The first-order valence-corrected chi connectivity index (χ1v) is 4.60. The molecule has 0 bridgehead atoms. The maximum atomic E-state index is 11.3. The molecule has 0 amide bonds. The molecule has 13 heavy (non-hydrogen) atoms. The lowest BCUT2D eigenvalue weighted by atomic mass is 10.1. The molecule has 1 aromatic rings. The van der Waals surface area contributed by atoms with Crippen molar-refractivity contribution in [2.45, 2.75) is 12.8 Å². The van der Waals surface area contributed by atoms with Crippen LogP contribution in [0.4, 0.5) is 0 Å². The Morgan fingerprint density at radius 1 is 1.31 bits per heavy atom. The third kappa shape index (κ3) is 1.21. The summed E-state index contributed by atoms with van der Waals surface area (Å²) >= 11 is 11.5. The molecule has 0 fully saturated rings. The second-order valence-corrected chi connectivity index (χ2v) is 3.76. The number of rotatable bonds is 0. The van der Waals surface area contributed by atoms with Crippen molar-refractivity contribution >= 4 is 29.0 Å². The first-order valence-electron chi connectivity index (χ1n) is 3.84. The minimum atomic E-state index is -0.128. The summed E-state index contributed by atoms with van der Waals surface area (Å²) in [6, 6.07) is 1.48. The van der Waals surface area contributed by atoms with Gasteiger partial charge in [0, 0.05) is 12.0 Å². The number of phenols is 1. The molecule has 1 aromatic carbocycles. The molecule has 2 rings (SSSR count). The van der Waals surface area contributed by atoms with Crippen LogP contribution in [0.3, 0.4) is 0 Å². The Balaban J connectivity index is 2.74. The Bertz CT molecular complexity index is 399. The van der Waals surface area contributed by atoms with Gasteiger partial charge in [-0.1, -0.05) is 23.2 Å². The van der Waals surface area contributed by atoms with Crippen LogP contribution in [0.1, 0.15) is 22.3 Å². The van der Waals surface area contributed by atoms with E-state index in [-0.39, 0.29) is 21.6 Å². The van der Waals surface area contributed by atoms with Crippen molar-refractivity contribution in [3.05, 3.63) is 27.2 Å². The zero-order chi connectivity index (χ0) is 9.59. The summed E-state index contributed by atoms with van der Waals surface area (Å²) in [5.74, 6) is -0.0874. The van der Waals surface area contributed by atoms with Crippen LogP contribution < -0.4 is 0 Å². The van der Waals surface area contributed by atoms with Gasteiger partial charge in [-0.2, -0.15) is 0 Å². The van der Waals surface area contributed by atoms with E-state index in [2.05, 4.69) is 0 Å². The van der Waals surface area contributed by atoms with Gasteiger partial charge in [0.15, 0.2) is 11.5 Å². The normalized spacial score (nSPS) is 14.8. The number of phenolic OH excluding ortho intramolecular Hbond substituents is 1. The second-order valence-electron chi connectivity index (χ2n) is 2.97. The highest BCUT2D eigenvalue weighted by atomic mass is 35.5. The summed E-state index contributed by atoms with van der Waals surface area (Å²) < 4.78 is 0. The van der Waals surface area contributed by atoms with Gasteiger partial charge in [0.1, 0.15) is 0 Å². The maximum Gasteiger partial charge on any atom is 0.163 e.